The lowest BCUT2D eigenvalue weighted by atomic mass is 10.0. The number of benzene rings is 2. The van der Waals surface area contributed by atoms with Gasteiger partial charge in [0.05, 0.1) is 17.4 Å². The van der Waals surface area contributed by atoms with Crippen LogP contribution in [0.1, 0.15) is 31.7 Å². The standard InChI is InChI=1S/C29H34N6O2/c1-19-10-11-22-23(7-3-9-25(22)31-16-12-20(2)36)27(19)37-28-24(8-5-15-32-28)26-13-17-33-29(35-26)34-21-6-4-14-30-18-21/h3,5,7-11,13,15,17,20-21,30-31,36H,4,6,12,14,16,18H2,1-2H3,(H,33,34,35)/t20-,21?/m1/s1. The number of piperidine rings is 1. The van der Waals surface area contributed by atoms with Crippen molar-refractivity contribution >= 4 is 22.4 Å². The van der Waals surface area contributed by atoms with Crippen LogP contribution in [0.5, 0.6) is 11.6 Å². The lowest BCUT2D eigenvalue weighted by Crippen LogP contribution is -2.38. The molecule has 4 aromatic rings. The first-order valence-electron chi connectivity index (χ1n) is 13.0. The SMILES string of the molecule is Cc1ccc2c(NCC[C@@H](C)O)cccc2c1Oc1ncccc1-c1ccnc(NC2CCCNC2)n1. The number of aromatic nitrogens is 3. The topological polar surface area (TPSA) is 104 Å². The van der Waals surface area contributed by atoms with Gasteiger partial charge in [0, 0.05) is 48.0 Å². The molecular formula is C29H34N6O2. The van der Waals surface area contributed by atoms with Crippen molar-refractivity contribution in [1.29, 1.82) is 0 Å². The van der Waals surface area contributed by atoms with Gasteiger partial charge in [-0.05, 0) is 69.5 Å². The van der Waals surface area contributed by atoms with E-state index < -0.39 is 0 Å². The number of nitrogens with zero attached hydrogens (tertiary/aromatic N) is 3. The van der Waals surface area contributed by atoms with Crippen molar-refractivity contribution in [1.82, 2.24) is 20.3 Å². The second-order valence-corrected chi connectivity index (χ2v) is 9.59. The zero-order valence-corrected chi connectivity index (χ0v) is 21.4. The van der Waals surface area contributed by atoms with Crippen molar-refractivity contribution in [2.24, 2.45) is 0 Å². The molecule has 2 aromatic carbocycles. The van der Waals surface area contributed by atoms with Crippen LogP contribution < -0.4 is 20.7 Å². The molecule has 1 unspecified atom stereocenters. The number of pyridine rings is 1. The van der Waals surface area contributed by atoms with Gasteiger partial charge < -0.3 is 25.8 Å². The number of aliphatic hydroxyl groups excluding tert-OH is 1. The highest BCUT2D eigenvalue weighted by atomic mass is 16.5. The van der Waals surface area contributed by atoms with Crippen LogP contribution in [0.15, 0.2) is 60.9 Å². The molecule has 1 aliphatic heterocycles. The summed E-state index contributed by atoms with van der Waals surface area (Å²) in [4.78, 5) is 13.8. The maximum atomic E-state index is 9.62. The van der Waals surface area contributed by atoms with E-state index >= 15 is 0 Å². The second-order valence-electron chi connectivity index (χ2n) is 9.59. The molecule has 2 aromatic heterocycles. The number of rotatable bonds is 9. The highest BCUT2D eigenvalue weighted by Crippen LogP contribution is 2.38. The van der Waals surface area contributed by atoms with Gasteiger partial charge in [-0.1, -0.05) is 24.3 Å². The van der Waals surface area contributed by atoms with E-state index in [0.717, 1.165) is 65.0 Å². The molecule has 2 atom stereocenters. The summed E-state index contributed by atoms with van der Waals surface area (Å²) in [5, 5.41) is 22.0. The van der Waals surface area contributed by atoms with Gasteiger partial charge in [-0.3, -0.25) is 0 Å². The predicted octanol–water partition coefficient (Wildman–Crippen LogP) is 5.14. The average Bonchev–Trinajstić information content (AvgIpc) is 2.91. The summed E-state index contributed by atoms with van der Waals surface area (Å²) in [6.07, 6.45) is 6.07. The lowest BCUT2D eigenvalue weighted by molar-refractivity contribution is 0.189. The number of anilines is 2. The van der Waals surface area contributed by atoms with Crippen LogP contribution in [0.2, 0.25) is 0 Å². The third-order valence-electron chi connectivity index (χ3n) is 6.62. The van der Waals surface area contributed by atoms with Crippen LogP contribution >= 0.6 is 0 Å². The van der Waals surface area contributed by atoms with E-state index in [4.69, 9.17) is 9.72 Å². The van der Waals surface area contributed by atoms with Crippen LogP contribution in [-0.2, 0) is 0 Å². The maximum absolute atomic E-state index is 9.62. The fourth-order valence-corrected chi connectivity index (χ4v) is 4.64. The van der Waals surface area contributed by atoms with Crippen LogP contribution in [0.3, 0.4) is 0 Å². The third kappa shape index (κ3) is 5.98. The summed E-state index contributed by atoms with van der Waals surface area (Å²) in [6.45, 7) is 6.49. The van der Waals surface area contributed by atoms with Crippen LogP contribution in [-0.4, -0.2) is 51.8 Å². The summed E-state index contributed by atoms with van der Waals surface area (Å²) >= 11 is 0. The van der Waals surface area contributed by atoms with E-state index in [9.17, 15) is 5.11 Å². The second kappa shape index (κ2) is 11.5. The Kier molecular flexibility index (Phi) is 7.77. The summed E-state index contributed by atoms with van der Waals surface area (Å²) in [5.74, 6) is 1.86. The number of hydrogen-bond acceptors (Lipinski definition) is 8. The predicted molar refractivity (Wildman–Crippen MR) is 148 cm³/mol. The summed E-state index contributed by atoms with van der Waals surface area (Å²) in [5.41, 5.74) is 3.58. The van der Waals surface area contributed by atoms with Gasteiger partial charge in [-0.15, -0.1) is 0 Å². The van der Waals surface area contributed by atoms with Crippen LogP contribution in [0.25, 0.3) is 22.0 Å². The molecule has 1 aliphatic rings. The number of hydrogen-bond donors (Lipinski definition) is 4. The monoisotopic (exact) mass is 498 g/mol. The third-order valence-corrected chi connectivity index (χ3v) is 6.62. The summed E-state index contributed by atoms with van der Waals surface area (Å²) in [7, 11) is 0. The molecule has 0 aliphatic carbocycles. The molecular weight excluding hydrogens is 464 g/mol. The van der Waals surface area contributed by atoms with Gasteiger partial charge in [0.15, 0.2) is 0 Å². The van der Waals surface area contributed by atoms with E-state index in [2.05, 4.69) is 44.1 Å². The molecule has 0 bridgehead atoms. The Hall–Kier alpha value is -3.75. The Morgan fingerprint density at radius 3 is 2.84 bits per heavy atom. The summed E-state index contributed by atoms with van der Waals surface area (Å²) in [6, 6.07) is 16.3. The van der Waals surface area contributed by atoms with Crippen LogP contribution in [0, 0.1) is 6.92 Å². The van der Waals surface area contributed by atoms with E-state index in [1.54, 1.807) is 19.3 Å². The van der Waals surface area contributed by atoms with Crippen molar-refractivity contribution in [3.63, 3.8) is 0 Å². The average molecular weight is 499 g/mol. The first-order chi connectivity index (χ1) is 18.1. The normalized spacial score (nSPS) is 16.4. The fourth-order valence-electron chi connectivity index (χ4n) is 4.64. The van der Waals surface area contributed by atoms with Gasteiger partial charge in [-0.2, -0.15) is 0 Å². The van der Waals surface area contributed by atoms with Gasteiger partial charge in [0.1, 0.15) is 5.75 Å². The molecule has 3 heterocycles. The van der Waals surface area contributed by atoms with Gasteiger partial charge >= 0.3 is 0 Å². The summed E-state index contributed by atoms with van der Waals surface area (Å²) < 4.78 is 6.53. The minimum Gasteiger partial charge on any atom is -0.437 e. The van der Waals surface area contributed by atoms with Crippen molar-refractivity contribution < 1.29 is 9.84 Å². The van der Waals surface area contributed by atoms with Crippen molar-refractivity contribution in [2.45, 2.75) is 45.3 Å². The minimum absolute atomic E-state index is 0.315. The van der Waals surface area contributed by atoms with E-state index in [0.29, 0.717) is 30.8 Å². The Labute approximate surface area is 217 Å². The molecule has 37 heavy (non-hydrogen) atoms. The van der Waals surface area contributed by atoms with Gasteiger partial charge in [0.25, 0.3) is 0 Å². The molecule has 5 rings (SSSR count). The largest absolute Gasteiger partial charge is 0.437 e. The molecule has 8 heteroatoms. The highest BCUT2D eigenvalue weighted by Gasteiger charge is 2.17. The molecule has 192 valence electrons. The number of fused-ring (bicyclic) bond motifs is 1. The Bertz CT molecular complexity index is 1350. The van der Waals surface area contributed by atoms with Crippen molar-refractivity contribution in [2.75, 3.05) is 30.3 Å². The molecule has 0 amide bonds. The lowest BCUT2D eigenvalue weighted by Gasteiger charge is -2.23. The van der Waals surface area contributed by atoms with Gasteiger partial charge in [-0.25, -0.2) is 15.0 Å². The molecule has 4 N–H and O–H groups in total. The molecule has 0 radical (unpaired) electrons. The Morgan fingerprint density at radius 1 is 1.08 bits per heavy atom. The first-order valence-corrected chi connectivity index (χ1v) is 13.0. The molecule has 0 spiro atoms. The maximum Gasteiger partial charge on any atom is 0.228 e. The number of nitrogens with one attached hydrogen (secondary N) is 3. The first kappa shape index (κ1) is 24.9. The molecule has 1 saturated heterocycles. The van der Waals surface area contributed by atoms with E-state index in [1.807, 2.05) is 37.3 Å². The van der Waals surface area contributed by atoms with Crippen molar-refractivity contribution in [3.05, 3.63) is 66.5 Å². The van der Waals surface area contributed by atoms with E-state index in [-0.39, 0.29) is 6.10 Å². The highest BCUT2D eigenvalue weighted by molar-refractivity contribution is 5.98. The quantitative estimate of drug-likeness (QED) is 0.252. The van der Waals surface area contributed by atoms with Gasteiger partial charge in [0.2, 0.25) is 11.8 Å². The van der Waals surface area contributed by atoms with Crippen LogP contribution in [0.4, 0.5) is 11.6 Å². The Balaban J connectivity index is 1.44. The minimum atomic E-state index is -0.344. The smallest absolute Gasteiger partial charge is 0.228 e. The van der Waals surface area contributed by atoms with Crippen molar-refractivity contribution in [3.8, 4) is 22.9 Å². The fraction of sp³-hybridized carbons (Fsp3) is 0.345. The zero-order valence-electron chi connectivity index (χ0n) is 21.4. The number of aryl methyl sites for hydroxylation is 1. The molecule has 8 nitrogen and oxygen atoms in total. The van der Waals surface area contributed by atoms with E-state index in [1.165, 1.54) is 0 Å². The number of aliphatic hydroxyl groups is 1. The zero-order chi connectivity index (χ0) is 25.6. The molecule has 1 fully saturated rings. The Morgan fingerprint density at radius 2 is 2.00 bits per heavy atom. The molecule has 0 saturated carbocycles. The number of ether oxygens (including phenoxy) is 1.